The van der Waals surface area contributed by atoms with Crippen LogP contribution in [0.3, 0.4) is 0 Å². The van der Waals surface area contributed by atoms with Gasteiger partial charge in [0.25, 0.3) is 0 Å². The molecule has 0 aromatic rings. The highest BCUT2D eigenvalue weighted by Gasteiger charge is 2.72. The molecule has 0 radical (unpaired) electrons. The topological polar surface area (TPSA) is 122 Å². The summed E-state index contributed by atoms with van der Waals surface area (Å²) in [7, 11) is 2.10. The lowest BCUT2D eigenvalue weighted by Gasteiger charge is -2.73. The Kier molecular flexibility index (Phi) is 9.83. The van der Waals surface area contributed by atoms with E-state index in [-0.39, 0.29) is 64.1 Å². The molecule has 1 amide bonds. The monoisotopic (exact) mass is 713 g/mol. The van der Waals surface area contributed by atoms with Gasteiger partial charge >= 0.3 is 18.0 Å². The average molecular weight is 713 g/mol. The lowest BCUT2D eigenvalue weighted by molar-refractivity contribution is -0.247. The van der Waals surface area contributed by atoms with Crippen molar-refractivity contribution in [1.29, 1.82) is 0 Å². The van der Waals surface area contributed by atoms with E-state index in [0.717, 1.165) is 77.3 Å². The van der Waals surface area contributed by atoms with Gasteiger partial charge < -0.3 is 24.8 Å². The van der Waals surface area contributed by atoms with Gasteiger partial charge in [0.05, 0.1) is 17.4 Å². The molecule has 1 heterocycles. The normalized spacial score (nSPS) is 42.6. The number of carbonyl (C=O) groups excluding carboxylic acids is 3. The number of rotatable bonds is 7. The van der Waals surface area contributed by atoms with Crippen molar-refractivity contribution in [2.45, 2.75) is 157 Å². The van der Waals surface area contributed by atoms with Crippen molar-refractivity contribution in [3.05, 3.63) is 0 Å². The van der Waals surface area contributed by atoms with E-state index >= 15 is 0 Å². The molecule has 51 heavy (non-hydrogen) atoms. The van der Waals surface area contributed by atoms with Crippen LogP contribution in [0.2, 0.25) is 0 Å². The van der Waals surface area contributed by atoms with Crippen molar-refractivity contribution in [2.24, 2.45) is 62.6 Å². The lowest BCUT2D eigenvalue weighted by Crippen LogP contribution is -2.69. The summed E-state index contributed by atoms with van der Waals surface area (Å²) in [5, 5.41) is 13.0. The van der Waals surface area contributed by atoms with Gasteiger partial charge in [0.1, 0.15) is 18.0 Å². The molecule has 9 heteroatoms. The first-order valence-electron chi connectivity index (χ1n) is 20.2. The molecule has 0 aromatic heterocycles. The summed E-state index contributed by atoms with van der Waals surface area (Å²) in [5.41, 5.74) is -1.80. The fraction of sp³-hybridized carbons (Fsp3) is 0.905. The molecule has 288 valence electrons. The number of Topliss-reactive ketones (excluding diaryl/α,β-unsaturated/α-hetero) is 1. The number of hydrogen-bond acceptors (Lipinski definition) is 7. The number of piperidine rings is 1. The molecule has 5 saturated carbocycles. The average Bonchev–Trinajstić information content (AvgIpc) is 3.31. The van der Waals surface area contributed by atoms with E-state index in [9.17, 15) is 24.3 Å². The van der Waals surface area contributed by atoms with E-state index in [2.05, 4.69) is 65.7 Å². The Bertz CT molecular complexity index is 1400. The number of carbonyl (C=O) groups is 4. The maximum absolute atomic E-state index is 14.0. The minimum atomic E-state index is -1.16. The molecule has 6 fully saturated rings. The third-order valence-electron chi connectivity index (χ3n) is 16.7. The Morgan fingerprint density at radius 1 is 0.882 bits per heavy atom. The molecule has 2 N–H and O–H groups in total. The number of esters is 1. The van der Waals surface area contributed by atoms with E-state index in [0.29, 0.717) is 30.0 Å². The highest BCUT2D eigenvalue weighted by atomic mass is 16.6. The first-order valence-corrected chi connectivity index (χ1v) is 20.2. The zero-order valence-electron chi connectivity index (χ0n) is 33.4. The van der Waals surface area contributed by atoms with Crippen molar-refractivity contribution < 1.29 is 33.8 Å². The number of ketones is 1. The Balaban J connectivity index is 1.24. The van der Waals surface area contributed by atoms with Crippen molar-refractivity contribution in [3.8, 4) is 0 Å². The van der Waals surface area contributed by atoms with Crippen molar-refractivity contribution >= 4 is 23.8 Å². The molecule has 9 nitrogen and oxygen atoms in total. The number of amides is 1. The number of carboxylic acid groups (broad SMARTS) is 1. The summed E-state index contributed by atoms with van der Waals surface area (Å²) in [6, 6.07) is 0. The standard InChI is InChI=1S/C42H68N2O7/c1-25(2)33-28(45)23-42(43-36(49)50-26-15-21-44(10)22-16-26)20-19-40(8)27(34(33)42)11-12-30-39(7)17-14-31(51-32(46)24-37(3,4)35(47)48)38(5,6)29(39)13-18-41(30,40)9/h25-27,29-31,33-34H,11-24H2,1-10H3,(H,43,49)(H,47,48)/t27?,29?,30?,31-,33?,34?,39-,40+,41?,42+/m0/s1. The Morgan fingerprint density at radius 2 is 1.55 bits per heavy atom. The van der Waals surface area contributed by atoms with Crippen LogP contribution in [-0.4, -0.2) is 71.7 Å². The maximum atomic E-state index is 14.0. The predicted octanol–water partition coefficient (Wildman–Crippen LogP) is 7.89. The second-order valence-corrected chi connectivity index (χ2v) is 20.5. The van der Waals surface area contributed by atoms with Crippen LogP contribution in [-0.2, 0) is 23.9 Å². The molecule has 0 aromatic carbocycles. The summed E-state index contributed by atoms with van der Waals surface area (Å²) >= 11 is 0. The largest absolute Gasteiger partial charge is 0.481 e. The van der Waals surface area contributed by atoms with Gasteiger partial charge in [0.15, 0.2) is 0 Å². The molecule has 0 spiro atoms. The van der Waals surface area contributed by atoms with Crippen LogP contribution in [0.4, 0.5) is 4.79 Å². The number of aliphatic carboxylic acids is 1. The van der Waals surface area contributed by atoms with Gasteiger partial charge in [0.2, 0.25) is 0 Å². The molecule has 6 rings (SSSR count). The molecule has 10 atom stereocenters. The number of fused-ring (bicyclic) bond motifs is 7. The van der Waals surface area contributed by atoms with Crippen molar-refractivity contribution in [1.82, 2.24) is 10.2 Å². The summed E-state index contributed by atoms with van der Waals surface area (Å²) in [6.45, 7) is 21.6. The third kappa shape index (κ3) is 6.15. The van der Waals surface area contributed by atoms with Gasteiger partial charge in [-0.05, 0) is 131 Å². The van der Waals surface area contributed by atoms with E-state index in [4.69, 9.17) is 9.47 Å². The molecule has 1 aliphatic heterocycles. The fourth-order valence-electron chi connectivity index (χ4n) is 13.8. The minimum Gasteiger partial charge on any atom is -0.481 e. The lowest BCUT2D eigenvalue weighted by atomic mass is 9.32. The van der Waals surface area contributed by atoms with Crippen LogP contribution in [0.25, 0.3) is 0 Å². The molecular formula is C42H68N2O7. The third-order valence-corrected chi connectivity index (χ3v) is 16.7. The second kappa shape index (κ2) is 13.0. The van der Waals surface area contributed by atoms with Crippen LogP contribution in [0, 0.1) is 62.6 Å². The highest BCUT2D eigenvalue weighted by molar-refractivity contribution is 5.87. The summed E-state index contributed by atoms with van der Waals surface area (Å²) in [4.78, 5) is 54.7. The Hall–Kier alpha value is -2.16. The molecule has 5 aliphatic carbocycles. The number of hydrogen-bond donors (Lipinski definition) is 2. The van der Waals surface area contributed by atoms with Gasteiger partial charge in [-0.2, -0.15) is 0 Å². The van der Waals surface area contributed by atoms with E-state index in [1.54, 1.807) is 13.8 Å². The van der Waals surface area contributed by atoms with Gasteiger partial charge in [-0.15, -0.1) is 0 Å². The van der Waals surface area contributed by atoms with Gasteiger partial charge in [-0.3, -0.25) is 14.4 Å². The molecule has 0 bridgehead atoms. The molecule has 1 saturated heterocycles. The Morgan fingerprint density at radius 3 is 2.18 bits per heavy atom. The van der Waals surface area contributed by atoms with Crippen LogP contribution >= 0.6 is 0 Å². The zero-order chi connectivity index (χ0) is 37.5. The maximum Gasteiger partial charge on any atom is 0.407 e. The van der Waals surface area contributed by atoms with Gasteiger partial charge in [-0.25, -0.2) is 4.79 Å². The Labute approximate surface area is 307 Å². The number of carboxylic acids is 1. The number of alkyl carbamates (subject to hydrolysis) is 1. The van der Waals surface area contributed by atoms with Crippen LogP contribution in [0.15, 0.2) is 0 Å². The van der Waals surface area contributed by atoms with Crippen molar-refractivity contribution in [3.63, 3.8) is 0 Å². The number of ether oxygens (including phenoxy) is 2. The molecule has 6 aliphatic rings. The number of nitrogens with zero attached hydrogens (tertiary/aromatic N) is 1. The first-order chi connectivity index (χ1) is 23.6. The highest BCUT2D eigenvalue weighted by Crippen LogP contribution is 2.76. The smallest absolute Gasteiger partial charge is 0.407 e. The minimum absolute atomic E-state index is 0.0191. The molecule has 6 unspecified atom stereocenters. The van der Waals surface area contributed by atoms with Gasteiger partial charge in [-0.1, -0.05) is 48.5 Å². The fourth-order valence-corrected chi connectivity index (χ4v) is 13.8. The number of likely N-dealkylation sites (tertiary alicyclic amines) is 1. The zero-order valence-corrected chi connectivity index (χ0v) is 33.4. The van der Waals surface area contributed by atoms with Crippen LogP contribution in [0.5, 0.6) is 0 Å². The second-order valence-electron chi connectivity index (χ2n) is 20.5. The van der Waals surface area contributed by atoms with Crippen LogP contribution < -0.4 is 5.32 Å². The quantitative estimate of drug-likeness (QED) is 0.256. The summed E-state index contributed by atoms with van der Waals surface area (Å²) in [6.07, 6.45) is 9.16. The van der Waals surface area contributed by atoms with Crippen LogP contribution in [0.1, 0.15) is 139 Å². The first kappa shape index (κ1) is 38.6. The van der Waals surface area contributed by atoms with E-state index in [1.165, 1.54) is 0 Å². The number of nitrogens with one attached hydrogen (secondary N) is 1. The van der Waals surface area contributed by atoms with E-state index in [1.807, 2.05) is 0 Å². The molecular weight excluding hydrogens is 644 g/mol. The van der Waals surface area contributed by atoms with Gasteiger partial charge in [0, 0.05) is 30.8 Å². The van der Waals surface area contributed by atoms with E-state index < -0.39 is 22.9 Å². The van der Waals surface area contributed by atoms with Crippen molar-refractivity contribution in [2.75, 3.05) is 20.1 Å². The summed E-state index contributed by atoms with van der Waals surface area (Å²) < 4.78 is 12.2. The summed E-state index contributed by atoms with van der Waals surface area (Å²) in [5.74, 6) is 0.333. The SMILES string of the molecule is CC(C)C1C(=O)C[C@]2(NC(=O)OC3CCN(C)CC3)CC[C@]3(C)C(CCC4C3(C)CCC3C(C)(C)[C@@H](OC(=O)CC(C)(C)C(=O)O)CC[C@@]34C)C12. The predicted molar refractivity (Wildman–Crippen MR) is 196 cm³/mol.